The Hall–Kier alpha value is -4.19. The van der Waals surface area contributed by atoms with Crippen molar-refractivity contribution in [2.45, 2.75) is 25.3 Å². The number of fused-ring (bicyclic) bond motifs is 1. The zero-order valence-corrected chi connectivity index (χ0v) is 19.2. The average molecular weight is 467 g/mol. The van der Waals surface area contributed by atoms with Crippen LogP contribution in [0.4, 0.5) is 0 Å². The maximum absolute atomic E-state index is 13.3. The standard InChI is InChI=1S/C29H26N2O4/c32-24-16-14-22(15-17-24)29(34)35-19-26(33)31-28(21-10-5-2-6-11-21)25-13-7-12-23(27(25)30-31)18-20-8-3-1-4-9-20/h1-6,8-11,14-18,25,28,32H,7,12-13,19H2. The van der Waals surface area contributed by atoms with Crippen LogP contribution in [0, 0.1) is 5.92 Å². The molecule has 1 heterocycles. The number of hydrazone groups is 1. The normalized spacial score (nSPS) is 20.3. The molecule has 0 radical (unpaired) electrons. The van der Waals surface area contributed by atoms with E-state index in [1.54, 1.807) is 0 Å². The van der Waals surface area contributed by atoms with E-state index in [1.165, 1.54) is 29.3 Å². The average Bonchev–Trinajstić information content (AvgIpc) is 3.29. The van der Waals surface area contributed by atoms with Gasteiger partial charge in [-0.1, -0.05) is 60.7 Å². The van der Waals surface area contributed by atoms with Crippen LogP contribution in [0.25, 0.3) is 6.08 Å². The Morgan fingerprint density at radius 1 is 0.971 bits per heavy atom. The highest BCUT2D eigenvalue weighted by Crippen LogP contribution is 2.44. The van der Waals surface area contributed by atoms with Crippen LogP contribution in [0.1, 0.15) is 46.8 Å². The second kappa shape index (κ2) is 9.97. The predicted octanol–water partition coefficient (Wildman–Crippen LogP) is 5.37. The van der Waals surface area contributed by atoms with Crippen molar-refractivity contribution in [1.29, 1.82) is 0 Å². The summed E-state index contributed by atoms with van der Waals surface area (Å²) in [6.07, 6.45) is 5.01. The van der Waals surface area contributed by atoms with Gasteiger partial charge >= 0.3 is 5.97 Å². The van der Waals surface area contributed by atoms with Crippen molar-refractivity contribution < 1.29 is 19.4 Å². The second-order valence-corrected chi connectivity index (χ2v) is 8.78. The summed E-state index contributed by atoms with van der Waals surface area (Å²) >= 11 is 0. The van der Waals surface area contributed by atoms with Gasteiger partial charge in [-0.25, -0.2) is 9.80 Å². The van der Waals surface area contributed by atoms with Gasteiger partial charge in [0.25, 0.3) is 5.91 Å². The fourth-order valence-electron chi connectivity index (χ4n) is 4.82. The Kier molecular flexibility index (Phi) is 6.44. The Bertz CT molecular complexity index is 1270. The van der Waals surface area contributed by atoms with Gasteiger partial charge in [0.15, 0.2) is 6.61 Å². The molecule has 35 heavy (non-hydrogen) atoms. The minimum atomic E-state index is -0.622. The number of carbonyl (C=O) groups is 2. The van der Waals surface area contributed by atoms with Crippen LogP contribution in [0.15, 0.2) is 95.6 Å². The topological polar surface area (TPSA) is 79.2 Å². The number of allylic oxidation sites excluding steroid dienone is 1. The molecule has 2 aliphatic rings. The van der Waals surface area contributed by atoms with Crippen LogP contribution in [-0.2, 0) is 9.53 Å². The summed E-state index contributed by atoms with van der Waals surface area (Å²) in [6, 6.07) is 25.5. The van der Waals surface area contributed by atoms with E-state index >= 15 is 0 Å². The summed E-state index contributed by atoms with van der Waals surface area (Å²) < 4.78 is 5.31. The van der Waals surface area contributed by atoms with E-state index in [0.29, 0.717) is 0 Å². The van der Waals surface area contributed by atoms with Crippen LogP contribution in [0.5, 0.6) is 5.75 Å². The number of esters is 1. The monoisotopic (exact) mass is 466 g/mol. The highest BCUT2D eigenvalue weighted by Gasteiger charge is 2.43. The Morgan fingerprint density at radius 2 is 1.66 bits per heavy atom. The molecule has 1 aliphatic heterocycles. The van der Waals surface area contributed by atoms with Gasteiger partial charge in [-0.15, -0.1) is 0 Å². The quantitative estimate of drug-likeness (QED) is 0.513. The highest BCUT2D eigenvalue weighted by molar-refractivity contribution is 6.08. The molecule has 1 saturated carbocycles. The zero-order chi connectivity index (χ0) is 24.2. The SMILES string of the molecule is O=C(OCC(=O)N1N=C2C(=Cc3ccccc3)CCCC2C1c1ccccc1)c1ccc(O)cc1. The van der Waals surface area contributed by atoms with Gasteiger partial charge in [-0.05, 0) is 66.3 Å². The summed E-state index contributed by atoms with van der Waals surface area (Å²) in [5.41, 5.74) is 4.46. The summed E-state index contributed by atoms with van der Waals surface area (Å²) in [5, 5.41) is 15.7. The third-order valence-electron chi connectivity index (χ3n) is 6.47. The van der Waals surface area contributed by atoms with Crippen LogP contribution in [0.3, 0.4) is 0 Å². The highest BCUT2D eigenvalue weighted by atomic mass is 16.5. The Balaban J connectivity index is 1.41. The summed E-state index contributed by atoms with van der Waals surface area (Å²) in [6.45, 7) is -0.412. The molecule has 0 bridgehead atoms. The van der Waals surface area contributed by atoms with E-state index < -0.39 is 12.6 Å². The lowest BCUT2D eigenvalue weighted by Gasteiger charge is -2.29. The number of amides is 1. The number of aromatic hydroxyl groups is 1. The smallest absolute Gasteiger partial charge is 0.338 e. The molecular weight excluding hydrogens is 440 g/mol. The van der Waals surface area contributed by atoms with Gasteiger partial charge in [0, 0.05) is 5.92 Å². The number of phenols is 1. The van der Waals surface area contributed by atoms with Gasteiger partial charge in [-0.3, -0.25) is 4.79 Å². The van der Waals surface area contributed by atoms with Crippen molar-refractivity contribution in [3.63, 3.8) is 0 Å². The molecule has 2 atom stereocenters. The van der Waals surface area contributed by atoms with Crippen molar-refractivity contribution >= 4 is 23.7 Å². The molecule has 176 valence electrons. The first-order chi connectivity index (χ1) is 17.1. The van der Waals surface area contributed by atoms with E-state index in [0.717, 1.165) is 41.7 Å². The number of ether oxygens (including phenoxy) is 1. The van der Waals surface area contributed by atoms with Gasteiger partial charge in [0.1, 0.15) is 5.75 Å². The molecule has 0 aromatic heterocycles. The van der Waals surface area contributed by atoms with E-state index in [4.69, 9.17) is 9.84 Å². The van der Waals surface area contributed by atoms with Crippen molar-refractivity contribution in [2.24, 2.45) is 11.0 Å². The maximum Gasteiger partial charge on any atom is 0.338 e. The third kappa shape index (κ3) is 4.87. The van der Waals surface area contributed by atoms with Crippen LogP contribution in [-0.4, -0.2) is 34.3 Å². The zero-order valence-electron chi connectivity index (χ0n) is 19.2. The summed E-state index contributed by atoms with van der Waals surface area (Å²) in [5.74, 6) is -0.855. The first kappa shape index (κ1) is 22.6. The van der Waals surface area contributed by atoms with Gasteiger partial charge in [-0.2, -0.15) is 5.10 Å². The van der Waals surface area contributed by atoms with Gasteiger partial charge in [0.05, 0.1) is 17.3 Å². The Morgan fingerprint density at radius 3 is 2.37 bits per heavy atom. The molecule has 5 rings (SSSR count). The largest absolute Gasteiger partial charge is 0.508 e. The number of hydrogen-bond acceptors (Lipinski definition) is 5. The van der Waals surface area contributed by atoms with E-state index in [1.807, 2.05) is 48.5 Å². The second-order valence-electron chi connectivity index (χ2n) is 8.78. The molecular formula is C29H26N2O4. The first-order valence-corrected chi connectivity index (χ1v) is 11.8. The molecule has 3 aromatic rings. The number of hydrogen-bond donors (Lipinski definition) is 1. The van der Waals surface area contributed by atoms with Crippen LogP contribution >= 0.6 is 0 Å². The summed E-state index contributed by atoms with van der Waals surface area (Å²) in [4.78, 5) is 25.7. The molecule has 0 spiro atoms. The fourth-order valence-corrected chi connectivity index (χ4v) is 4.82. The fraction of sp³-hybridized carbons (Fsp3) is 0.207. The lowest BCUT2D eigenvalue weighted by Crippen LogP contribution is -2.34. The van der Waals surface area contributed by atoms with Crippen LogP contribution < -0.4 is 0 Å². The van der Waals surface area contributed by atoms with Crippen molar-refractivity contribution in [1.82, 2.24) is 5.01 Å². The molecule has 6 nitrogen and oxygen atoms in total. The first-order valence-electron chi connectivity index (χ1n) is 11.8. The molecule has 6 heteroatoms. The minimum absolute atomic E-state index is 0.0539. The molecule has 1 N–H and O–H groups in total. The van der Waals surface area contributed by atoms with Crippen molar-refractivity contribution in [3.05, 3.63) is 107 Å². The van der Waals surface area contributed by atoms with Crippen molar-refractivity contribution in [2.75, 3.05) is 6.61 Å². The van der Waals surface area contributed by atoms with Gasteiger partial charge in [0.2, 0.25) is 0 Å². The number of carbonyl (C=O) groups excluding carboxylic acids is 2. The minimum Gasteiger partial charge on any atom is -0.508 e. The molecule has 1 aliphatic carbocycles. The number of nitrogens with zero attached hydrogens (tertiary/aromatic N) is 2. The van der Waals surface area contributed by atoms with E-state index in [-0.39, 0.29) is 29.2 Å². The Labute approximate surface area is 204 Å². The predicted molar refractivity (Wildman–Crippen MR) is 134 cm³/mol. The molecule has 1 amide bonds. The number of benzene rings is 3. The van der Waals surface area contributed by atoms with Crippen molar-refractivity contribution in [3.8, 4) is 5.75 Å². The number of rotatable bonds is 5. The lowest BCUT2D eigenvalue weighted by molar-refractivity contribution is -0.137. The molecule has 3 aromatic carbocycles. The molecule has 0 saturated heterocycles. The summed E-state index contributed by atoms with van der Waals surface area (Å²) in [7, 11) is 0. The molecule has 1 fully saturated rings. The van der Waals surface area contributed by atoms with Gasteiger partial charge < -0.3 is 9.84 Å². The van der Waals surface area contributed by atoms with E-state index in [2.05, 4.69) is 18.2 Å². The third-order valence-corrected chi connectivity index (χ3v) is 6.47. The van der Waals surface area contributed by atoms with Crippen LogP contribution in [0.2, 0.25) is 0 Å². The maximum atomic E-state index is 13.3. The lowest BCUT2D eigenvalue weighted by atomic mass is 9.77. The number of phenolic OH excluding ortho intramolecular Hbond substituents is 1. The van der Waals surface area contributed by atoms with E-state index in [9.17, 15) is 14.7 Å². The molecule has 2 unspecified atom stereocenters.